The summed E-state index contributed by atoms with van der Waals surface area (Å²) < 4.78 is 5.43. The molecular weight excluding hydrogens is 304 g/mol. The molecule has 1 heterocycles. The summed E-state index contributed by atoms with van der Waals surface area (Å²) in [6, 6.07) is 15.0. The van der Waals surface area contributed by atoms with Gasteiger partial charge in [-0.1, -0.05) is 24.3 Å². The second-order valence-electron chi connectivity index (χ2n) is 5.81. The molecule has 1 aliphatic heterocycles. The van der Waals surface area contributed by atoms with Crippen molar-refractivity contribution >= 4 is 17.4 Å². The third kappa shape index (κ3) is 3.16. The lowest BCUT2D eigenvalue weighted by atomic mass is 10.1. The Hall–Kier alpha value is -2.66. The molecule has 0 N–H and O–H groups in total. The van der Waals surface area contributed by atoms with Gasteiger partial charge in [0, 0.05) is 6.54 Å². The van der Waals surface area contributed by atoms with Crippen molar-refractivity contribution in [3.63, 3.8) is 0 Å². The minimum atomic E-state index is -0.463. The van der Waals surface area contributed by atoms with Crippen molar-refractivity contribution in [2.75, 3.05) is 25.2 Å². The molecule has 0 fully saturated rings. The summed E-state index contributed by atoms with van der Waals surface area (Å²) >= 11 is 0. The van der Waals surface area contributed by atoms with Crippen molar-refractivity contribution < 1.29 is 14.3 Å². The highest BCUT2D eigenvalue weighted by Gasteiger charge is 2.35. The first kappa shape index (κ1) is 16.2. The van der Waals surface area contributed by atoms with Crippen molar-refractivity contribution in [2.24, 2.45) is 0 Å². The Bertz CT molecular complexity index is 755. The van der Waals surface area contributed by atoms with Gasteiger partial charge in [-0.3, -0.25) is 19.4 Å². The molecule has 0 unspecified atom stereocenters. The molecule has 5 nitrogen and oxygen atoms in total. The quantitative estimate of drug-likeness (QED) is 0.767. The van der Waals surface area contributed by atoms with Crippen LogP contribution in [-0.4, -0.2) is 36.9 Å². The number of carbonyl (C=O) groups excluding carboxylic acids is 2. The topological polar surface area (TPSA) is 49.9 Å². The second-order valence-corrected chi connectivity index (χ2v) is 5.81. The molecule has 1 amide bonds. The molecule has 0 saturated carbocycles. The van der Waals surface area contributed by atoms with E-state index in [1.54, 1.807) is 12.1 Å². The van der Waals surface area contributed by atoms with Gasteiger partial charge in [0.1, 0.15) is 5.75 Å². The first-order valence-electron chi connectivity index (χ1n) is 7.95. The van der Waals surface area contributed by atoms with Gasteiger partial charge in [0.15, 0.2) is 0 Å². The fraction of sp³-hybridized carbons (Fsp3) is 0.263. The van der Waals surface area contributed by atoms with E-state index in [9.17, 15) is 9.59 Å². The zero-order chi connectivity index (χ0) is 17.1. The van der Waals surface area contributed by atoms with Gasteiger partial charge in [-0.25, -0.2) is 0 Å². The van der Waals surface area contributed by atoms with Crippen LogP contribution in [0, 0.1) is 0 Å². The highest BCUT2D eigenvalue weighted by molar-refractivity contribution is 6.52. The number of carbonyl (C=O) groups is 2. The van der Waals surface area contributed by atoms with Crippen LogP contribution in [0.3, 0.4) is 0 Å². The molecule has 0 radical (unpaired) electrons. The third-order valence-electron chi connectivity index (χ3n) is 3.95. The molecule has 2 aromatic rings. The number of para-hydroxylation sites is 1. The van der Waals surface area contributed by atoms with Gasteiger partial charge in [-0.2, -0.15) is 0 Å². The van der Waals surface area contributed by atoms with Crippen LogP contribution in [0.2, 0.25) is 0 Å². The Labute approximate surface area is 141 Å². The smallest absolute Gasteiger partial charge is 0.300 e. The summed E-state index contributed by atoms with van der Waals surface area (Å²) in [6.45, 7) is 3.64. The lowest BCUT2D eigenvalue weighted by Gasteiger charge is -2.24. The predicted molar refractivity (Wildman–Crippen MR) is 92.2 cm³/mol. The maximum absolute atomic E-state index is 12.2. The Kier molecular flexibility index (Phi) is 4.62. The molecule has 0 aliphatic carbocycles. The maximum atomic E-state index is 12.2. The number of anilines is 1. The molecule has 0 aromatic heterocycles. The van der Waals surface area contributed by atoms with E-state index in [-0.39, 0.29) is 0 Å². The van der Waals surface area contributed by atoms with E-state index in [0.29, 0.717) is 31.1 Å². The van der Waals surface area contributed by atoms with Gasteiger partial charge in [-0.15, -0.1) is 0 Å². The summed E-state index contributed by atoms with van der Waals surface area (Å²) in [4.78, 5) is 27.8. The Morgan fingerprint density at radius 3 is 2.46 bits per heavy atom. The summed E-state index contributed by atoms with van der Waals surface area (Å²) in [5, 5.41) is 0. The molecular formula is C19H20N2O3. The number of ketones is 1. The highest BCUT2D eigenvalue weighted by Crippen LogP contribution is 2.28. The zero-order valence-corrected chi connectivity index (χ0v) is 13.9. The number of Topliss-reactive ketones (excluding diaryl/α,β-unsaturated/α-hetero) is 1. The van der Waals surface area contributed by atoms with E-state index in [4.69, 9.17) is 4.74 Å². The van der Waals surface area contributed by atoms with Crippen LogP contribution in [-0.2, 0) is 11.3 Å². The SMILES string of the molecule is CCOc1ccc(CN(C)CN2C(=O)C(=O)c3ccccc32)cc1. The standard InChI is InChI=1S/C19H20N2O3/c1-3-24-15-10-8-14(9-11-15)12-20(2)13-21-17-7-5-4-6-16(17)18(22)19(21)23/h4-11H,3,12-13H2,1-2H3. The first-order chi connectivity index (χ1) is 11.6. The average Bonchev–Trinajstić information content (AvgIpc) is 2.82. The Morgan fingerprint density at radius 1 is 1.04 bits per heavy atom. The largest absolute Gasteiger partial charge is 0.494 e. The summed E-state index contributed by atoms with van der Waals surface area (Å²) in [7, 11) is 1.93. The number of hydrogen-bond donors (Lipinski definition) is 0. The normalized spacial score (nSPS) is 13.5. The van der Waals surface area contributed by atoms with Crippen molar-refractivity contribution in [1.82, 2.24) is 4.90 Å². The number of hydrogen-bond acceptors (Lipinski definition) is 4. The second kappa shape index (κ2) is 6.84. The Morgan fingerprint density at radius 2 is 1.75 bits per heavy atom. The van der Waals surface area contributed by atoms with Crippen LogP contribution in [0.5, 0.6) is 5.75 Å². The Balaban J connectivity index is 1.68. The molecule has 0 spiro atoms. The van der Waals surface area contributed by atoms with E-state index in [0.717, 1.165) is 11.3 Å². The van der Waals surface area contributed by atoms with Gasteiger partial charge >= 0.3 is 5.91 Å². The molecule has 3 rings (SSSR count). The lowest BCUT2D eigenvalue weighted by Crippen LogP contribution is -2.38. The van der Waals surface area contributed by atoms with Gasteiger partial charge in [0.05, 0.1) is 24.5 Å². The number of amides is 1. The van der Waals surface area contributed by atoms with Crippen LogP contribution in [0.1, 0.15) is 22.8 Å². The minimum absolute atomic E-state index is 0.370. The van der Waals surface area contributed by atoms with Gasteiger partial charge in [0.25, 0.3) is 5.78 Å². The van der Waals surface area contributed by atoms with E-state index in [1.165, 1.54) is 4.90 Å². The maximum Gasteiger partial charge on any atom is 0.300 e. The fourth-order valence-electron chi connectivity index (χ4n) is 2.85. The minimum Gasteiger partial charge on any atom is -0.494 e. The van der Waals surface area contributed by atoms with Crippen LogP contribution in [0.25, 0.3) is 0 Å². The molecule has 0 bridgehead atoms. The molecule has 2 aromatic carbocycles. The molecule has 0 atom stereocenters. The molecule has 124 valence electrons. The van der Waals surface area contributed by atoms with Gasteiger partial charge < -0.3 is 4.74 Å². The van der Waals surface area contributed by atoms with Crippen molar-refractivity contribution in [1.29, 1.82) is 0 Å². The van der Waals surface area contributed by atoms with Crippen molar-refractivity contribution in [3.8, 4) is 5.75 Å². The number of rotatable bonds is 6. The number of ether oxygens (including phenoxy) is 1. The molecule has 24 heavy (non-hydrogen) atoms. The molecule has 1 aliphatic rings. The van der Waals surface area contributed by atoms with Gasteiger partial charge in [0.2, 0.25) is 0 Å². The summed E-state index contributed by atoms with van der Waals surface area (Å²) in [6.07, 6.45) is 0. The molecule has 5 heteroatoms. The number of benzene rings is 2. The lowest BCUT2D eigenvalue weighted by molar-refractivity contribution is -0.114. The highest BCUT2D eigenvalue weighted by atomic mass is 16.5. The van der Waals surface area contributed by atoms with Crippen molar-refractivity contribution in [3.05, 3.63) is 59.7 Å². The molecule has 0 saturated heterocycles. The third-order valence-corrected chi connectivity index (χ3v) is 3.95. The van der Waals surface area contributed by atoms with Crippen LogP contribution in [0.4, 0.5) is 5.69 Å². The summed E-state index contributed by atoms with van der Waals surface area (Å²) in [5.74, 6) is -0.0482. The van der Waals surface area contributed by atoms with Crippen LogP contribution < -0.4 is 9.64 Å². The average molecular weight is 324 g/mol. The van der Waals surface area contributed by atoms with Crippen LogP contribution >= 0.6 is 0 Å². The van der Waals surface area contributed by atoms with Crippen molar-refractivity contribution in [2.45, 2.75) is 13.5 Å². The number of nitrogens with zero attached hydrogens (tertiary/aromatic N) is 2. The zero-order valence-electron chi connectivity index (χ0n) is 13.9. The van der Waals surface area contributed by atoms with Gasteiger partial charge in [-0.05, 0) is 43.8 Å². The monoisotopic (exact) mass is 324 g/mol. The van der Waals surface area contributed by atoms with E-state index in [2.05, 4.69) is 0 Å². The first-order valence-corrected chi connectivity index (χ1v) is 7.95. The fourth-order valence-corrected chi connectivity index (χ4v) is 2.85. The van der Waals surface area contributed by atoms with E-state index < -0.39 is 11.7 Å². The van der Waals surface area contributed by atoms with E-state index >= 15 is 0 Å². The van der Waals surface area contributed by atoms with Crippen LogP contribution in [0.15, 0.2) is 48.5 Å². The van der Waals surface area contributed by atoms with E-state index in [1.807, 2.05) is 55.3 Å². The number of fused-ring (bicyclic) bond motifs is 1. The predicted octanol–water partition coefficient (Wildman–Crippen LogP) is 2.70. The summed E-state index contributed by atoms with van der Waals surface area (Å²) in [5.41, 5.74) is 2.29.